The second kappa shape index (κ2) is 6.35. The molecule has 2 aromatic heterocycles. The van der Waals surface area contributed by atoms with Gasteiger partial charge in [0.05, 0.1) is 0 Å². The van der Waals surface area contributed by atoms with Crippen LogP contribution in [0.3, 0.4) is 0 Å². The lowest BCUT2D eigenvalue weighted by molar-refractivity contribution is 0.158. The molecule has 0 unspecified atom stereocenters. The van der Waals surface area contributed by atoms with Gasteiger partial charge in [-0.05, 0) is 5.56 Å². The lowest BCUT2D eigenvalue weighted by atomic mass is 10.1. The van der Waals surface area contributed by atoms with Crippen molar-refractivity contribution < 1.29 is 13.7 Å². The normalized spacial score (nSPS) is 11.0. The zero-order chi connectivity index (χ0) is 15.4. The third kappa shape index (κ3) is 3.29. The zero-order valence-corrected chi connectivity index (χ0v) is 11.9. The fourth-order valence-electron chi connectivity index (χ4n) is 1.96. The summed E-state index contributed by atoms with van der Waals surface area (Å²) in [6.07, 6.45) is 0.562. The molecule has 22 heavy (non-hydrogen) atoms. The fraction of sp³-hybridized carbons (Fsp3) is 0.286. The molecule has 0 N–H and O–H groups in total. The Labute approximate surface area is 125 Å². The van der Waals surface area contributed by atoms with Crippen LogP contribution in [0.5, 0.6) is 0 Å². The van der Waals surface area contributed by atoms with Crippen LogP contribution in [0.15, 0.2) is 44.1 Å². The molecule has 0 fully saturated rings. The molecule has 0 spiro atoms. The molecule has 0 saturated carbocycles. The van der Waals surface area contributed by atoms with Crippen molar-refractivity contribution in [1.29, 1.82) is 0 Å². The van der Waals surface area contributed by atoms with Crippen molar-refractivity contribution in [2.45, 2.75) is 19.6 Å². The minimum atomic E-state index is -0.588. The highest BCUT2D eigenvalue weighted by Gasteiger charge is 2.13. The maximum Gasteiger partial charge on any atom is 0.437 e. The van der Waals surface area contributed by atoms with Crippen LogP contribution in [0.1, 0.15) is 23.2 Å². The van der Waals surface area contributed by atoms with E-state index in [1.54, 1.807) is 0 Å². The quantitative estimate of drug-likeness (QED) is 0.670. The Hall–Kier alpha value is -2.74. The van der Waals surface area contributed by atoms with Gasteiger partial charge in [0.25, 0.3) is 0 Å². The molecule has 0 amide bonds. The number of benzene rings is 1. The van der Waals surface area contributed by atoms with E-state index in [9.17, 15) is 4.79 Å². The largest absolute Gasteiger partial charge is 0.437 e. The Morgan fingerprint density at radius 2 is 2.05 bits per heavy atom. The van der Waals surface area contributed by atoms with Crippen LogP contribution in [0.4, 0.5) is 0 Å². The zero-order valence-electron chi connectivity index (χ0n) is 11.9. The number of ether oxygens (including phenoxy) is 1. The van der Waals surface area contributed by atoms with E-state index in [4.69, 9.17) is 13.7 Å². The topological polar surface area (TPSA) is 96.2 Å². The highest BCUT2D eigenvalue weighted by molar-refractivity contribution is 5.18. The van der Waals surface area contributed by atoms with Crippen LogP contribution in [-0.2, 0) is 24.3 Å². The van der Waals surface area contributed by atoms with Crippen molar-refractivity contribution in [2.75, 3.05) is 7.11 Å². The highest BCUT2D eigenvalue weighted by atomic mass is 16.5. The van der Waals surface area contributed by atoms with Gasteiger partial charge >= 0.3 is 5.76 Å². The molecule has 2 heterocycles. The summed E-state index contributed by atoms with van der Waals surface area (Å²) < 4.78 is 16.0. The average molecular weight is 302 g/mol. The maximum absolute atomic E-state index is 11.6. The van der Waals surface area contributed by atoms with E-state index < -0.39 is 5.76 Å². The first-order chi connectivity index (χ1) is 10.7. The third-order valence-corrected chi connectivity index (χ3v) is 2.92. The summed E-state index contributed by atoms with van der Waals surface area (Å²) in [4.78, 5) is 15.9. The number of hydrogen-bond donors (Lipinski definition) is 0. The Balaban J connectivity index is 1.70. The Kier molecular flexibility index (Phi) is 4.10. The first kappa shape index (κ1) is 14.2. The Bertz CT molecular complexity index is 791. The Morgan fingerprint density at radius 3 is 2.82 bits per heavy atom. The van der Waals surface area contributed by atoms with Crippen LogP contribution >= 0.6 is 0 Å². The van der Waals surface area contributed by atoms with Crippen molar-refractivity contribution in [3.05, 3.63) is 64.1 Å². The molecule has 1 aromatic carbocycles. The second-order valence-electron chi connectivity index (χ2n) is 4.62. The van der Waals surface area contributed by atoms with Gasteiger partial charge in [0.1, 0.15) is 13.2 Å². The smallest absolute Gasteiger partial charge is 0.390 e. The molecular formula is C14H14N4O4. The summed E-state index contributed by atoms with van der Waals surface area (Å²) in [5.74, 6) is 0.464. The maximum atomic E-state index is 11.6. The van der Waals surface area contributed by atoms with Gasteiger partial charge in [0, 0.05) is 13.5 Å². The summed E-state index contributed by atoms with van der Waals surface area (Å²) in [7, 11) is 1.49. The molecule has 0 aliphatic rings. The number of methoxy groups -OCH3 is 1. The number of aromatic nitrogens is 4. The molecule has 8 nitrogen and oxygen atoms in total. The van der Waals surface area contributed by atoms with Gasteiger partial charge < -0.3 is 13.7 Å². The van der Waals surface area contributed by atoms with E-state index in [-0.39, 0.29) is 19.0 Å². The van der Waals surface area contributed by atoms with E-state index >= 15 is 0 Å². The Morgan fingerprint density at radius 1 is 1.23 bits per heavy atom. The van der Waals surface area contributed by atoms with Crippen LogP contribution in [0, 0.1) is 0 Å². The highest BCUT2D eigenvalue weighted by Crippen LogP contribution is 2.07. The van der Waals surface area contributed by atoms with Gasteiger partial charge in [-0.15, -0.1) is 5.10 Å². The molecule has 8 heteroatoms. The van der Waals surface area contributed by atoms with Gasteiger partial charge in [-0.3, -0.25) is 0 Å². The van der Waals surface area contributed by atoms with Gasteiger partial charge in [-0.2, -0.15) is 9.67 Å². The molecule has 0 saturated heterocycles. The van der Waals surface area contributed by atoms with E-state index in [2.05, 4.69) is 15.2 Å². The summed E-state index contributed by atoms with van der Waals surface area (Å²) in [6.45, 7) is 0.194. The van der Waals surface area contributed by atoms with Gasteiger partial charge in [-0.1, -0.05) is 35.5 Å². The third-order valence-electron chi connectivity index (χ3n) is 2.92. The number of rotatable bonds is 6. The minimum absolute atomic E-state index is 0.0633. The molecule has 3 aromatic rings. The van der Waals surface area contributed by atoms with E-state index in [1.807, 2.05) is 30.3 Å². The van der Waals surface area contributed by atoms with Crippen molar-refractivity contribution in [2.24, 2.45) is 0 Å². The molecule has 0 aliphatic heterocycles. The van der Waals surface area contributed by atoms with Gasteiger partial charge in [0.2, 0.25) is 11.8 Å². The second-order valence-corrected chi connectivity index (χ2v) is 4.62. The summed E-state index contributed by atoms with van der Waals surface area (Å²) in [5.41, 5.74) is 1.08. The van der Waals surface area contributed by atoms with E-state index in [1.165, 1.54) is 7.11 Å². The standard InChI is InChI=1S/C14H14N4O4/c1-20-9-13-16-18(14(19)21-13)8-12-15-11(17-22-12)7-10-5-3-2-4-6-10/h2-6H,7-9H2,1H3. The number of nitrogens with zero attached hydrogens (tertiary/aromatic N) is 4. The first-order valence-corrected chi connectivity index (χ1v) is 6.66. The lowest BCUT2D eigenvalue weighted by Gasteiger charge is -1.94. The predicted molar refractivity (Wildman–Crippen MR) is 74.1 cm³/mol. The first-order valence-electron chi connectivity index (χ1n) is 6.66. The van der Waals surface area contributed by atoms with Crippen LogP contribution in [-0.4, -0.2) is 27.0 Å². The molecule has 0 aliphatic carbocycles. The summed E-state index contributed by atoms with van der Waals surface area (Å²) in [6, 6.07) is 9.80. The monoisotopic (exact) mass is 302 g/mol. The fourth-order valence-corrected chi connectivity index (χ4v) is 1.96. The van der Waals surface area contributed by atoms with Gasteiger partial charge in [-0.25, -0.2) is 4.79 Å². The molecule has 0 radical (unpaired) electrons. The molecule has 0 atom stereocenters. The molecule has 114 valence electrons. The number of hydrogen-bond acceptors (Lipinski definition) is 7. The lowest BCUT2D eigenvalue weighted by Crippen LogP contribution is -2.16. The van der Waals surface area contributed by atoms with Gasteiger partial charge in [0.15, 0.2) is 5.82 Å². The van der Waals surface area contributed by atoms with Crippen molar-refractivity contribution in [3.63, 3.8) is 0 Å². The molecule has 3 rings (SSSR count). The summed E-state index contributed by atoms with van der Waals surface area (Å²) >= 11 is 0. The van der Waals surface area contributed by atoms with Crippen LogP contribution in [0.25, 0.3) is 0 Å². The van der Waals surface area contributed by atoms with Crippen LogP contribution < -0.4 is 5.76 Å². The minimum Gasteiger partial charge on any atom is -0.390 e. The van der Waals surface area contributed by atoms with Crippen LogP contribution in [0.2, 0.25) is 0 Å². The SMILES string of the molecule is COCc1nn(Cc2nc(Cc3ccccc3)no2)c(=O)o1. The summed E-state index contributed by atoms with van der Waals surface area (Å²) in [5, 5.41) is 7.87. The molecular weight excluding hydrogens is 288 g/mol. The van der Waals surface area contributed by atoms with Crippen molar-refractivity contribution in [3.8, 4) is 0 Å². The van der Waals surface area contributed by atoms with Crippen molar-refractivity contribution in [1.82, 2.24) is 19.9 Å². The predicted octanol–water partition coefficient (Wildman–Crippen LogP) is 1.00. The van der Waals surface area contributed by atoms with E-state index in [0.29, 0.717) is 18.1 Å². The van der Waals surface area contributed by atoms with Crippen molar-refractivity contribution >= 4 is 0 Å². The molecule has 0 bridgehead atoms. The van der Waals surface area contributed by atoms with E-state index in [0.717, 1.165) is 10.2 Å². The average Bonchev–Trinajstić information content (AvgIpc) is 3.08.